The minimum atomic E-state index is -0.176. The van der Waals surface area contributed by atoms with Gasteiger partial charge in [-0.15, -0.1) is 0 Å². The van der Waals surface area contributed by atoms with Gasteiger partial charge in [0.1, 0.15) is 13.2 Å². The molecule has 2 aromatic rings. The normalized spacial score (nSPS) is 14.5. The van der Waals surface area contributed by atoms with Gasteiger partial charge < -0.3 is 25.0 Å². The third-order valence-corrected chi connectivity index (χ3v) is 5.25. The van der Waals surface area contributed by atoms with Gasteiger partial charge in [-0.25, -0.2) is 0 Å². The van der Waals surface area contributed by atoms with Crippen molar-refractivity contribution in [2.24, 2.45) is 0 Å². The summed E-state index contributed by atoms with van der Waals surface area (Å²) in [5.74, 6) is 1.19. The monoisotopic (exact) mass is 412 g/mol. The van der Waals surface area contributed by atoms with Crippen LogP contribution in [0, 0.1) is 13.8 Å². The molecule has 0 bridgehead atoms. The molecule has 0 aliphatic carbocycles. The second-order valence-corrected chi connectivity index (χ2v) is 7.80. The molecule has 1 aliphatic heterocycles. The summed E-state index contributed by atoms with van der Waals surface area (Å²) in [5, 5.41) is 5.92. The maximum atomic E-state index is 12.4. The van der Waals surface area contributed by atoms with Gasteiger partial charge >= 0.3 is 0 Å². The van der Waals surface area contributed by atoms with Crippen molar-refractivity contribution in [3.05, 3.63) is 53.1 Å². The van der Waals surface area contributed by atoms with Crippen LogP contribution in [0.4, 0.5) is 5.69 Å². The van der Waals surface area contributed by atoms with Crippen molar-refractivity contribution in [1.29, 1.82) is 0 Å². The number of carbonyl (C=O) groups excluding carboxylic acids is 2. The van der Waals surface area contributed by atoms with Crippen LogP contribution in [0.5, 0.6) is 11.5 Å². The number of aryl methyl sites for hydroxylation is 1. The fourth-order valence-corrected chi connectivity index (χ4v) is 3.40. The quantitative estimate of drug-likeness (QED) is 0.642. The van der Waals surface area contributed by atoms with E-state index in [1.165, 1.54) is 0 Å². The lowest BCUT2D eigenvalue weighted by Gasteiger charge is -2.21. The number of rotatable bonds is 7. The Kier molecular flexibility index (Phi) is 6.95. The first-order valence-corrected chi connectivity index (χ1v) is 10.2. The largest absolute Gasteiger partial charge is 0.486 e. The third-order valence-electron chi connectivity index (χ3n) is 5.25. The average Bonchev–Trinajstić information content (AvgIpc) is 2.70. The maximum Gasteiger partial charge on any atom is 0.279 e. The van der Waals surface area contributed by atoms with Gasteiger partial charge in [-0.05, 0) is 55.7 Å². The summed E-state index contributed by atoms with van der Waals surface area (Å²) in [6.45, 7) is 7.39. The van der Waals surface area contributed by atoms with Crippen LogP contribution < -0.4 is 25.0 Å². The van der Waals surface area contributed by atoms with Crippen LogP contribution >= 0.6 is 0 Å². The first-order chi connectivity index (χ1) is 14.3. The van der Waals surface area contributed by atoms with E-state index in [1.54, 1.807) is 0 Å². The molecule has 0 aromatic heterocycles. The third kappa shape index (κ3) is 5.51. The van der Waals surface area contributed by atoms with Crippen molar-refractivity contribution in [1.82, 2.24) is 5.32 Å². The highest BCUT2D eigenvalue weighted by Gasteiger charge is 2.19. The van der Waals surface area contributed by atoms with Crippen molar-refractivity contribution in [2.45, 2.75) is 26.8 Å². The lowest BCUT2D eigenvalue weighted by atomic mass is 10.1. The molecule has 1 aliphatic rings. The summed E-state index contributed by atoms with van der Waals surface area (Å²) in [4.78, 5) is 25.6. The zero-order valence-corrected chi connectivity index (χ0v) is 18.0. The van der Waals surface area contributed by atoms with Gasteiger partial charge in [0.2, 0.25) is 0 Å². The van der Waals surface area contributed by atoms with E-state index < -0.39 is 0 Å². The number of hydrogen-bond donors (Lipinski definition) is 3. The van der Waals surface area contributed by atoms with Crippen LogP contribution in [-0.2, 0) is 9.59 Å². The van der Waals surface area contributed by atoms with Gasteiger partial charge in [0.15, 0.2) is 24.6 Å². The van der Waals surface area contributed by atoms with E-state index in [4.69, 9.17) is 9.47 Å². The number of hydrogen-bond acceptors (Lipinski definition) is 4. The molecule has 1 unspecified atom stereocenters. The van der Waals surface area contributed by atoms with Gasteiger partial charge in [-0.1, -0.05) is 18.2 Å². The zero-order chi connectivity index (χ0) is 21.7. The number of carbonyl (C=O) groups is 2. The summed E-state index contributed by atoms with van der Waals surface area (Å²) < 4.78 is 11.1. The standard InChI is InChI=1S/C23H29N3O4/c1-15-6-5-7-19(16(15)2)25-23(28)14-26(4)13-22(27)24-17(3)18-8-9-20-21(12-18)30-11-10-29-20/h5-9,12,17H,10-11,13-14H2,1-4H3,(H,24,27)(H,25,28)/p+1/t17-/m1/s1. The number of anilines is 1. The summed E-state index contributed by atoms with van der Waals surface area (Å²) in [6.07, 6.45) is 0. The molecule has 2 atom stereocenters. The molecule has 0 fully saturated rings. The Labute approximate surface area is 177 Å². The highest BCUT2D eigenvalue weighted by atomic mass is 16.6. The average molecular weight is 413 g/mol. The SMILES string of the molecule is Cc1cccc(NC(=O)C[NH+](C)CC(=O)N[C@H](C)c2ccc3c(c2)OCCO3)c1C. The van der Waals surface area contributed by atoms with E-state index in [1.807, 2.05) is 64.2 Å². The lowest BCUT2D eigenvalue weighted by molar-refractivity contribution is -0.862. The first-order valence-electron chi connectivity index (χ1n) is 10.2. The first kappa shape index (κ1) is 21.6. The summed E-state index contributed by atoms with van der Waals surface area (Å²) >= 11 is 0. The van der Waals surface area contributed by atoms with E-state index in [0.29, 0.717) is 19.0 Å². The fourth-order valence-electron chi connectivity index (χ4n) is 3.40. The summed E-state index contributed by atoms with van der Waals surface area (Å²) in [6, 6.07) is 11.3. The number of ether oxygens (including phenoxy) is 2. The van der Waals surface area contributed by atoms with E-state index in [-0.39, 0.29) is 30.9 Å². The number of amides is 2. The smallest absolute Gasteiger partial charge is 0.279 e. The molecule has 0 saturated carbocycles. The number of fused-ring (bicyclic) bond motifs is 1. The molecule has 160 valence electrons. The minimum absolute atomic E-state index is 0.116. The molecule has 0 radical (unpaired) electrons. The molecule has 7 nitrogen and oxygen atoms in total. The topological polar surface area (TPSA) is 81.1 Å². The Morgan fingerprint density at radius 2 is 1.73 bits per heavy atom. The van der Waals surface area contributed by atoms with E-state index >= 15 is 0 Å². The minimum Gasteiger partial charge on any atom is -0.486 e. The lowest BCUT2D eigenvalue weighted by Crippen LogP contribution is -3.11. The van der Waals surface area contributed by atoms with Gasteiger partial charge in [0, 0.05) is 5.69 Å². The highest BCUT2D eigenvalue weighted by molar-refractivity contribution is 5.92. The molecule has 3 rings (SSSR count). The number of likely N-dealkylation sites (N-methyl/N-ethyl adjacent to an activating group) is 1. The molecule has 0 spiro atoms. The fraction of sp³-hybridized carbons (Fsp3) is 0.391. The van der Waals surface area contributed by atoms with Gasteiger partial charge in [-0.3, -0.25) is 9.59 Å². The van der Waals surface area contributed by atoms with Crippen LogP contribution in [0.15, 0.2) is 36.4 Å². The van der Waals surface area contributed by atoms with E-state index in [9.17, 15) is 9.59 Å². The van der Waals surface area contributed by atoms with Crippen LogP contribution in [-0.4, -0.2) is 45.2 Å². The van der Waals surface area contributed by atoms with Crippen LogP contribution in [0.3, 0.4) is 0 Å². The van der Waals surface area contributed by atoms with Crippen LogP contribution in [0.1, 0.15) is 29.7 Å². The molecule has 7 heteroatoms. The summed E-state index contributed by atoms with van der Waals surface area (Å²) in [5.41, 5.74) is 3.93. The molecule has 2 amide bonds. The zero-order valence-electron chi connectivity index (χ0n) is 18.0. The Balaban J connectivity index is 1.49. The molecular weight excluding hydrogens is 382 g/mol. The van der Waals surface area contributed by atoms with Crippen molar-refractivity contribution in [3.8, 4) is 11.5 Å². The van der Waals surface area contributed by atoms with Gasteiger partial charge in [0.05, 0.1) is 13.1 Å². The van der Waals surface area contributed by atoms with Crippen molar-refractivity contribution >= 4 is 17.5 Å². The Hall–Kier alpha value is -3.06. The summed E-state index contributed by atoms with van der Waals surface area (Å²) in [7, 11) is 1.83. The predicted molar refractivity (Wildman–Crippen MR) is 115 cm³/mol. The molecule has 0 saturated heterocycles. The predicted octanol–water partition coefficient (Wildman–Crippen LogP) is 1.41. The molecular formula is C23H30N3O4+. The van der Waals surface area contributed by atoms with Crippen LogP contribution in [0.25, 0.3) is 0 Å². The maximum absolute atomic E-state index is 12.4. The molecule has 3 N–H and O–H groups in total. The Morgan fingerprint density at radius 1 is 1.03 bits per heavy atom. The van der Waals surface area contributed by atoms with Crippen molar-refractivity contribution < 1.29 is 24.0 Å². The Bertz CT molecular complexity index is 929. The molecule has 2 aromatic carbocycles. The van der Waals surface area contributed by atoms with Crippen molar-refractivity contribution in [3.63, 3.8) is 0 Å². The number of benzene rings is 2. The van der Waals surface area contributed by atoms with Gasteiger partial charge in [0.25, 0.3) is 11.8 Å². The Morgan fingerprint density at radius 3 is 2.50 bits per heavy atom. The van der Waals surface area contributed by atoms with Gasteiger partial charge in [-0.2, -0.15) is 0 Å². The second-order valence-electron chi connectivity index (χ2n) is 7.80. The van der Waals surface area contributed by atoms with E-state index in [2.05, 4.69) is 10.6 Å². The van der Waals surface area contributed by atoms with E-state index in [0.717, 1.165) is 33.0 Å². The second kappa shape index (κ2) is 9.63. The molecule has 1 heterocycles. The van der Waals surface area contributed by atoms with Crippen molar-refractivity contribution in [2.75, 3.05) is 38.7 Å². The van der Waals surface area contributed by atoms with Crippen LogP contribution in [0.2, 0.25) is 0 Å². The number of nitrogens with one attached hydrogen (secondary N) is 3. The number of quaternary nitrogens is 1. The highest BCUT2D eigenvalue weighted by Crippen LogP contribution is 2.32. The molecule has 30 heavy (non-hydrogen) atoms.